The fourth-order valence-electron chi connectivity index (χ4n) is 1.57. The quantitative estimate of drug-likeness (QED) is 0.897. The third-order valence-corrected chi connectivity index (χ3v) is 4.49. The van der Waals surface area contributed by atoms with Crippen LogP contribution in [0.15, 0.2) is 45.8 Å². The Kier molecular flexibility index (Phi) is 4.25. The van der Waals surface area contributed by atoms with Crippen molar-refractivity contribution in [2.75, 3.05) is 4.72 Å². The molecular formula is C13H7BrF2N2O2S. The second kappa shape index (κ2) is 5.79. The van der Waals surface area contributed by atoms with Gasteiger partial charge in [0.2, 0.25) is 0 Å². The molecule has 21 heavy (non-hydrogen) atoms. The molecule has 0 aliphatic rings. The van der Waals surface area contributed by atoms with E-state index < -0.39 is 27.3 Å². The number of hydrogen-bond acceptors (Lipinski definition) is 3. The zero-order valence-electron chi connectivity index (χ0n) is 10.3. The number of nitriles is 1. The van der Waals surface area contributed by atoms with Gasteiger partial charge in [-0.25, -0.2) is 17.2 Å². The molecule has 108 valence electrons. The number of nitrogens with one attached hydrogen (secondary N) is 1. The first kappa shape index (κ1) is 15.4. The molecule has 0 aliphatic carbocycles. The third kappa shape index (κ3) is 3.37. The first-order valence-corrected chi connectivity index (χ1v) is 7.78. The predicted molar refractivity (Wildman–Crippen MR) is 76.0 cm³/mol. The van der Waals surface area contributed by atoms with Crippen molar-refractivity contribution in [2.24, 2.45) is 0 Å². The molecule has 0 heterocycles. The van der Waals surface area contributed by atoms with Crippen LogP contribution >= 0.6 is 15.9 Å². The van der Waals surface area contributed by atoms with Crippen molar-refractivity contribution in [3.05, 3.63) is 58.1 Å². The van der Waals surface area contributed by atoms with Gasteiger partial charge in [-0.15, -0.1) is 0 Å². The second-order valence-corrected chi connectivity index (χ2v) is 6.53. The van der Waals surface area contributed by atoms with Crippen molar-refractivity contribution in [3.63, 3.8) is 0 Å². The maximum atomic E-state index is 13.7. The molecule has 0 bridgehead atoms. The Morgan fingerprint density at radius 1 is 1.19 bits per heavy atom. The highest BCUT2D eigenvalue weighted by Crippen LogP contribution is 2.29. The second-order valence-electron chi connectivity index (χ2n) is 3.99. The summed E-state index contributed by atoms with van der Waals surface area (Å²) in [6, 6.07) is 8.55. The zero-order chi connectivity index (χ0) is 15.6. The molecule has 0 unspecified atom stereocenters. The first-order valence-electron chi connectivity index (χ1n) is 5.51. The summed E-state index contributed by atoms with van der Waals surface area (Å²) in [6.45, 7) is 0. The molecule has 2 aromatic carbocycles. The van der Waals surface area contributed by atoms with E-state index in [-0.39, 0.29) is 14.9 Å². The Labute approximate surface area is 128 Å². The van der Waals surface area contributed by atoms with E-state index in [2.05, 4.69) is 15.9 Å². The lowest BCUT2D eigenvalue weighted by Crippen LogP contribution is -2.14. The Balaban J connectivity index is 2.45. The number of sulfonamides is 1. The predicted octanol–water partition coefficient (Wildman–Crippen LogP) is 3.40. The number of anilines is 1. The van der Waals surface area contributed by atoms with Gasteiger partial charge in [-0.2, -0.15) is 5.26 Å². The molecule has 0 amide bonds. The van der Waals surface area contributed by atoms with Crippen LogP contribution < -0.4 is 4.72 Å². The number of nitrogens with zero attached hydrogens (tertiary/aromatic N) is 1. The normalized spacial score (nSPS) is 11.0. The van der Waals surface area contributed by atoms with Crippen molar-refractivity contribution < 1.29 is 17.2 Å². The first-order chi connectivity index (χ1) is 9.83. The highest BCUT2D eigenvalue weighted by atomic mass is 79.9. The van der Waals surface area contributed by atoms with Crippen LogP contribution in [-0.2, 0) is 10.0 Å². The third-order valence-electron chi connectivity index (χ3n) is 2.52. The molecule has 0 fully saturated rings. The number of benzene rings is 2. The summed E-state index contributed by atoms with van der Waals surface area (Å²) in [5, 5.41) is 8.76. The molecule has 0 aliphatic heterocycles. The molecule has 4 nitrogen and oxygen atoms in total. The average molecular weight is 373 g/mol. The lowest BCUT2D eigenvalue weighted by atomic mass is 10.2. The maximum absolute atomic E-state index is 13.7. The zero-order valence-corrected chi connectivity index (χ0v) is 12.7. The van der Waals surface area contributed by atoms with E-state index in [4.69, 9.17) is 5.26 Å². The Hall–Kier alpha value is -1.98. The highest BCUT2D eigenvalue weighted by molar-refractivity contribution is 9.10. The summed E-state index contributed by atoms with van der Waals surface area (Å²) in [7, 11) is -4.10. The largest absolute Gasteiger partial charge is 0.275 e. The fourth-order valence-corrected chi connectivity index (χ4v) is 3.34. The minimum absolute atomic E-state index is 0.0694. The van der Waals surface area contributed by atoms with Gasteiger partial charge in [0.05, 0.1) is 22.2 Å². The maximum Gasteiger partial charge on any atom is 0.262 e. The monoisotopic (exact) mass is 372 g/mol. The summed E-state index contributed by atoms with van der Waals surface area (Å²) in [6.07, 6.45) is 0. The van der Waals surface area contributed by atoms with Gasteiger partial charge in [0, 0.05) is 10.5 Å². The van der Waals surface area contributed by atoms with Gasteiger partial charge >= 0.3 is 0 Å². The van der Waals surface area contributed by atoms with Gasteiger partial charge < -0.3 is 0 Å². The molecule has 0 aromatic heterocycles. The van der Waals surface area contributed by atoms with Crippen LogP contribution in [0.5, 0.6) is 0 Å². The number of hydrogen-bond donors (Lipinski definition) is 1. The molecule has 0 radical (unpaired) electrons. The highest BCUT2D eigenvalue weighted by Gasteiger charge is 2.19. The smallest absolute Gasteiger partial charge is 0.262 e. The van der Waals surface area contributed by atoms with Crippen molar-refractivity contribution in [2.45, 2.75) is 4.90 Å². The molecule has 2 rings (SSSR count). The van der Waals surface area contributed by atoms with Gasteiger partial charge in [0.25, 0.3) is 10.0 Å². The molecule has 2 aromatic rings. The van der Waals surface area contributed by atoms with Gasteiger partial charge in [-0.05, 0) is 40.2 Å². The Morgan fingerprint density at radius 3 is 2.52 bits per heavy atom. The Bertz CT molecular complexity index is 824. The summed E-state index contributed by atoms with van der Waals surface area (Å²) in [4.78, 5) is -0.197. The summed E-state index contributed by atoms with van der Waals surface area (Å²) >= 11 is 2.89. The fraction of sp³-hybridized carbons (Fsp3) is 0. The molecule has 0 saturated heterocycles. The van der Waals surface area contributed by atoms with Crippen molar-refractivity contribution in [1.29, 1.82) is 5.26 Å². The lowest BCUT2D eigenvalue weighted by molar-refractivity contribution is 0.581. The molecule has 0 saturated carbocycles. The van der Waals surface area contributed by atoms with E-state index in [1.54, 1.807) is 0 Å². The van der Waals surface area contributed by atoms with Crippen LogP contribution in [0.3, 0.4) is 0 Å². The van der Waals surface area contributed by atoms with Gasteiger partial charge in [-0.3, -0.25) is 4.72 Å². The van der Waals surface area contributed by atoms with Crippen LogP contribution in [-0.4, -0.2) is 8.42 Å². The van der Waals surface area contributed by atoms with Crippen LogP contribution in [0, 0.1) is 23.0 Å². The Morgan fingerprint density at radius 2 is 1.90 bits per heavy atom. The van der Waals surface area contributed by atoms with Gasteiger partial charge in [0.15, 0.2) is 5.82 Å². The minimum Gasteiger partial charge on any atom is -0.275 e. The molecular weight excluding hydrogens is 366 g/mol. The topological polar surface area (TPSA) is 70.0 Å². The van der Waals surface area contributed by atoms with Gasteiger partial charge in [0.1, 0.15) is 5.82 Å². The minimum atomic E-state index is -4.10. The van der Waals surface area contributed by atoms with Crippen LogP contribution in [0.4, 0.5) is 14.5 Å². The van der Waals surface area contributed by atoms with E-state index in [9.17, 15) is 17.2 Å². The van der Waals surface area contributed by atoms with Crippen LogP contribution in [0.2, 0.25) is 0 Å². The average Bonchev–Trinajstić information content (AvgIpc) is 2.43. The van der Waals surface area contributed by atoms with Crippen LogP contribution in [0.25, 0.3) is 0 Å². The van der Waals surface area contributed by atoms with Crippen molar-refractivity contribution in [1.82, 2.24) is 0 Å². The molecule has 8 heteroatoms. The van der Waals surface area contributed by atoms with Crippen molar-refractivity contribution >= 4 is 31.6 Å². The van der Waals surface area contributed by atoms with E-state index >= 15 is 0 Å². The molecule has 0 atom stereocenters. The summed E-state index contributed by atoms with van der Waals surface area (Å²) < 4.78 is 52.9. The van der Waals surface area contributed by atoms with Crippen LogP contribution in [0.1, 0.15) is 5.56 Å². The summed E-state index contributed by atoms with van der Waals surface area (Å²) in [5.41, 5.74) is -0.254. The van der Waals surface area contributed by atoms with E-state index in [1.807, 2.05) is 10.8 Å². The summed E-state index contributed by atoms with van der Waals surface area (Å²) in [5.74, 6) is -1.89. The SMILES string of the molecule is N#Cc1cccc(S(=O)(=O)Nc2c(F)cc(F)cc2Br)c1. The number of halogens is 3. The van der Waals surface area contributed by atoms with E-state index in [1.165, 1.54) is 18.2 Å². The van der Waals surface area contributed by atoms with E-state index in [0.717, 1.165) is 12.1 Å². The molecule has 0 spiro atoms. The van der Waals surface area contributed by atoms with E-state index in [0.29, 0.717) is 6.07 Å². The standard InChI is InChI=1S/C13H7BrF2N2O2S/c14-11-5-9(15)6-12(16)13(11)18-21(19,20)10-3-1-2-8(4-10)7-17/h1-6,18H. The molecule has 1 N–H and O–H groups in total. The lowest BCUT2D eigenvalue weighted by Gasteiger charge is -2.11. The number of rotatable bonds is 3. The van der Waals surface area contributed by atoms with Gasteiger partial charge in [-0.1, -0.05) is 6.07 Å². The van der Waals surface area contributed by atoms with Crippen molar-refractivity contribution in [3.8, 4) is 6.07 Å².